The minimum absolute atomic E-state index is 0.0943. The molecule has 1 amide bonds. The van der Waals surface area contributed by atoms with Crippen LogP contribution in [0.3, 0.4) is 0 Å². The van der Waals surface area contributed by atoms with Crippen LogP contribution in [0.4, 0.5) is 0 Å². The molecule has 0 saturated heterocycles. The molecule has 0 aliphatic carbocycles. The van der Waals surface area contributed by atoms with Gasteiger partial charge < -0.3 is 10.1 Å². The highest BCUT2D eigenvalue weighted by molar-refractivity contribution is 5.80. The Labute approximate surface area is 151 Å². The molecule has 3 heteroatoms. The zero-order valence-electron chi connectivity index (χ0n) is 16.0. The molecule has 0 aliphatic heterocycles. The predicted octanol–water partition coefficient (Wildman–Crippen LogP) is 4.51. The molecule has 2 aromatic carbocycles. The van der Waals surface area contributed by atoms with Crippen LogP contribution < -0.4 is 10.1 Å². The third-order valence-electron chi connectivity index (χ3n) is 4.39. The Balaban J connectivity index is 1.99. The Morgan fingerprint density at radius 3 is 2.28 bits per heavy atom. The Bertz CT molecular complexity index is 717. The van der Waals surface area contributed by atoms with E-state index in [0.717, 1.165) is 29.7 Å². The van der Waals surface area contributed by atoms with Crippen molar-refractivity contribution in [3.8, 4) is 5.75 Å². The van der Waals surface area contributed by atoms with Crippen LogP contribution in [0.2, 0.25) is 0 Å². The Morgan fingerprint density at radius 1 is 1.00 bits per heavy atom. The first-order valence-electron chi connectivity index (χ1n) is 9.06. The van der Waals surface area contributed by atoms with Crippen LogP contribution in [0, 0.1) is 13.8 Å². The van der Waals surface area contributed by atoms with Gasteiger partial charge in [0, 0.05) is 6.54 Å². The number of amides is 1. The van der Waals surface area contributed by atoms with Crippen molar-refractivity contribution in [1.82, 2.24) is 5.32 Å². The molecule has 0 radical (unpaired) electrons. The molecule has 2 rings (SSSR count). The van der Waals surface area contributed by atoms with Gasteiger partial charge in [-0.25, -0.2) is 0 Å². The second-order valence-electron chi connectivity index (χ2n) is 6.61. The number of hydrogen-bond donors (Lipinski definition) is 1. The molecule has 3 nitrogen and oxygen atoms in total. The molecule has 0 heterocycles. The van der Waals surface area contributed by atoms with Gasteiger partial charge in [0.1, 0.15) is 5.75 Å². The van der Waals surface area contributed by atoms with Crippen molar-refractivity contribution in [2.24, 2.45) is 0 Å². The third kappa shape index (κ3) is 5.35. The van der Waals surface area contributed by atoms with Gasteiger partial charge in [-0.05, 0) is 73.6 Å². The van der Waals surface area contributed by atoms with Crippen LogP contribution in [0.5, 0.6) is 5.75 Å². The van der Waals surface area contributed by atoms with Crippen LogP contribution in [0.25, 0.3) is 0 Å². The lowest BCUT2D eigenvalue weighted by atomic mass is 10.0. The minimum Gasteiger partial charge on any atom is -0.481 e. The van der Waals surface area contributed by atoms with Crippen LogP contribution in [0.1, 0.15) is 48.6 Å². The molecular formula is C22H29NO2. The SMILES string of the molecule is CCc1ccc(CC)c(CNC(=O)[C@@H](C)Oc2cc(C)cc(C)c2)c1. The van der Waals surface area contributed by atoms with E-state index in [-0.39, 0.29) is 5.91 Å². The van der Waals surface area contributed by atoms with Gasteiger partial charge in [-0.3, -0.25) is 4.79 Å². The number of rotatable bonds is 7. The topological polar surface area (TPSA) is 38.3 Å². The molecule has 0 aromatic heterocycles. The number of hydrogen-bond acceptors (Lipinski definition) is 2. The molecule has 1 N–H and O–H groups in total. The fourth-order valence-electron chi connectivity index (χ4n) is 2.99. The molecule has 25 heavy (non-hydrogen) atoms. The van der Waals surface area contributed by atoms with E-state index in [1.165, 1.54) is 16.7 Å². The fourth-order valence-corrected chi connectivity index (χ4v) is 2.99. The highest BCUT2D eigenvalue weighted by Crippen LogP contribution is 2.18. The number of ether oxygens (including phenoxy) is 1. The lowest BCUT2D eigenvalue weighted by Crippen LogP contribution is -2.36. The second kappa shape index (κ2) is 8.70. The van der Waals surface area contributed by atoms with E-state index in [0.29, 0.717) is 6.54 Å². The molecule has 2 aromatic rings. The average molecular weight is 339 g/mol. The molecule has 0 fully saturated rings. The highest BCUT2D eigenvalue weighted by atomic mass is 16.5. The standard InChI is InChI=1S/C22H29NO2/c1-6-18-8-9-19(7-2)20(13-18)14-23-22(24)17(5)25-21-11-15(3)10-16(4)12-21/h8-13,17H,6-7,14H2,1-5H3,(H,23,24)/t17-/m1/s1. The van der Waals surface area contributed by atoms with Crippen LogP contribution in [0.15, 0.2) is 36.4 Å². The van der Waals surface area contributed by atoms with Crippen molar-refractivity contribution in [2.45, 2.75) is 60.1 Å². The van der Waals surface area contributed by atoms with E-state index >= 15 is 0 Å². The summed E-state index contributed by atoms with van der Waals surface area (Å²) in [4.78, 5) is 12.4. The molecule has 0 aliphatic rings. The quantitative estimate of drug-likeness (QED) is 0.806. The summed E-state index contributed by atoms with van der Waals surface area (Å²) in [5, 5.41) is 3.01. The molecular weight excluding hydrogens is 310 g/mol. The Hall–Kier alpha value is -2.29. The van der Waals surface area contributed by atoms with Crippen molar-refractivity contribution in [2.75, 3.05) is 0 Å². The predicted molar refractivity (Wildman–Crippen MR) is 103 cm³/mol. The number of carbonyl (C=O) groups is 1. The van der Waals surface area contributed by atoms with Gasteiger partial charge >= 0.3 is 0 Å². The number of aryl methyl sites for hydroxylation is 4. The van der Waals surface area contributed by atoms with Crippen LogP contribution in [-0.2, 0) is 24.2 Å². The van der Waals surface area contributed by atoms with Gasteiger partial charge in [-0.1, -0.05) is 38.1 Å². The maximum Gasteiger partial charge on any atom is 0.261 e. The van der Waals surface area contributed by atoms with Gasteiger partial charge in [-0.2, -0.15) is 0 Å². The normalized spacial score (nSPS) is 11.9. The number of carbonyl (C=O) groups excluding carboxylic acids is 1. The molecule has 1 atom stereocenters. The molecule has 0 unspecified atom stereocenters. The van der Waals surface area contributed by atoms with E-state index < -0.39 is 6.10 Å². The summed E-state index contributed by atoms with van der Waals surface area (Å²) in [6, 6.07) is 12.5. The minimum atomic E-state index is -0.527. The summed E-state index contributed by atoms with van der Waals surface area (Å²) in [5.74, 6) is 0.644. The lowest BCUT2D eigenvalue weighted by Gasteiger charge is -2.17. The third-order valence-corrected chi connectivity index (χ3v) is 4.39. The van der Waals surface area contributed by atoms with Crippen molar-refractivity contribution < 1.29 is 9.53 Å². The van der Waals surface area contributed by atoms with Gasteiger partial charge in [0.15, 0.2) is 6.10 Å². The number of benzene rings is 2. The molecule has 134 valence electrons. The molecule has 0 saturated carbocycles. The zero-order valence-corrected chi connectivity index (χ0v) is 16.0. The van der Waals surface area contributed by atoms with Crippen LogP contribution >= 0.6 is 0 Å². The summed E-state index contributed by atoms with van der Waals surface area (Å²) in [6.07, 6.45) is 1.43. The van der Waals surface area contributed by atoms with Gasteiger partial charge in [0.2, 0.25) is 0 Å². The molecule has 0 spiro atoms. The number of nitrogens with one attached hydrogen (secondary N) is 1. The average Bonchev–Trinajstić information content (AvgIpc) is 2.58. The van der Waals surface area contributed by atoms with Crippen molar-refractivity contribution >= 4 is 5.91 Å². The van der Waals surface area contributed by atoms with E-state index in [1.54, 1.807) is 6.92 Å². The van der Waals surface area contributed by atoms with E-state index in [4.69, 9.17) is 4.74 Å². The first-order valence-corrected chi connectivity index (χ1v) is 9.06. The van der Waals surface area contributed by atoms with Crippen molar-refractivity contribution in [3.05, 3.63) is 64.2 Å². The second-order valence-corrected chi connectivity index (χ2v) is 6.61. The van der Waals surface area contributed by atoms with Gasteiger partial charge in [0.25, 0.3) is 5.91 Å². The van der Waals surface area contributed by atoms with Gasteiger partial charge in [0.05, 0.1) is 0 Å². The summed E-state index contributed by atoms with van der Waals surface area (Å²) in [7, 11) is 0. The Kier molecular flexibility index (Phi) is 6.63. The van der Waals surface area contributed by atoms with E-state index in [2.05, 4.69) is 43.4 Å². The largest absolute Gasteiger partial charge is 0.481 e. The summed E-state index contributed by atoms with van der Waals surface area (Å²) < 4.78 is 5.82. The summed E-state index contributed by atoms with van der Waals surface area (Å²) >= 11 is 0. The smallest absolute Gasteiger partial charge is 0.261 e. The van der Waals surface area contributed by atoms with Crippen LogP contribution in [-0.4, -0.2) is 12.0 Å². The summed E-state index contributed by atoms with van der Waals surface area (Å²) in [6.45, 7) is 10.7. The fraction of sp³-hybridized carbons (Fsp3) is 0.409. The van der Waals surface area contributed by atoms with E-state index in [9.17, 15) is 4.79 Å². The highest BCUT2D eigenvalue weighted by Gasteiger charge is 2.15. The van der Waals surface area contributed by atoms with E-state index in [1.807, 2.05) is 26.0 Å². The maximum atomic E-state index is 12.4. The lowest BCUT2D eigenvalue weighted by molar-refractivity contribution is -0.127. The zero-order chi connectivity index (χ0) is 18.4. The monoisotopic (exact) mass is 339 g/mol. The first-order chi connectivity index (χ1) is 11.9. The Morgan fingerprint density at radius 2 is 1.68 bits per heavy atom. The van der Waals surface area contributed by atoms with Gasteiger partial charge in [-0.15, -0.1) is 0 Å². The van der Waals surface area contributed by atoms with Crippen molar-refractivity contribution in [3.63, 3.8) is 0 Å². The molecule has 0 bridgehead atoms. The van der Waals surface area contributed by atoms with Crippen molar-refractivity contribution in [1.29, 1.82) is 0 Å². The maximum absolute atomic E-state index is 12.4. The summed E-state index contributed by atoms with van der Waals surface area (Å²) in [5.41, 5.74) is 6.02. The first kappa shape index (κ1) is 19.0.